The molecule has 0 N–H and O–H groups in total. The predicted molar refractivity (Wildman–Crippen MR) is 78.7 cm³/mol. The van der Waals surface area contributed by atoms with Crippen LogP contribution in [0.4, 0.5) is 0 Å². The Morgan fingerprint density at radius 3 is 2.95 bits per heavy atom. The lowest BCUT2D eigenvalue weighted by Crippen LogP contribution is -2.35. The summed E-state index contributed by atoms with van der Waals surface area (Å²) in [5.41, 5.74) is 2.01. The molecule has 0 aliphatic heterocycles. The van der Waals surface area contributed by atoms with Crippen molar-refractivity contribution >= 4 is 0 Å². The molecule has 1 saturated carbocycles. The average Bonchev–Trinajstić information content (AvgIpc) is 2.47. The van der Waals surface area contributed by atoms with Crippen LogP contribution < -0.4 is 0 Å². The highest BCUT2D eigenvalue weighted by atomic mass is 15.1. The zero-order valence-electron chi connectivity index (χ0n) is 12.1. The van der Waals surface area contributed by atoms with Gasteiger partial charge in [-0.25, -0.2) is 0 Å². The number of hydrogen-bond acceptors (Lipinski definition) is 2. The number of nitriles is 1. The molecule has 2 nitrogen and oxygen atoms in total. The van der Waals surface area contributed by atoms with Crippen molar-refractivity contribution in [1.29, 1.82) is 5.26 Å². The maximum atomic E-state index is 8.95. The number of benzene rings is 1. The highest BCUT2D eigenvalue weighted by Crippen LogP contribution is 2.29. The summed E-state index contributed by atoms with van der Waals surface area (Å²) in [5.74, 6) is 0.909. The predicted octanol–water partition coefficient (Wildman–Crippen LogP) is 3.96. The average molecular weight is 256 g/mol. The van der Waals surface area contributed by atoms with E-state index in [9.17, 15) is 0 Å². The van der Waals surface area contributed by atoms with Gasteiger partial charge in [0.2, 0.25) is 0 Å². The van der Waals surface area contributed by atoms with Crippen LogP contribution in [0.15, 0.2) is 24.3 Å². The van der Waals surface area contributed by atoms with E-state index in [1.807, 2.05) is 18.2 Å². The van der Waals surface area contributed by atoms with Crippen LogP contribution in [-0.2, 0) is 6.54 Å². The second-order valence-electron chi connectivity index (χ2n) is 5.82. The smallest absolute Gasteiger partial charge is 0.0991 e. The van der Waals surface area contributed by atoms with Crippen molar-refractivity contribution < 1.29 is 0 Å². The number of nitrogens with zero attached hydrogens (tertiary/aromatic N) is 2. The first-order valence-electron chi connectivity index (χ1n) is 7.42. The Balaban J connectivity index is 1.96. The first-order chi connectivity index (χ1) is 9.22. The molecule has 2 rings (SSSR count). The van der Waals surface area contributed by atoms with Gasteiger partial charge in [0, 0.05) is 12.6 Å². The Morgan fingerprint density at radius 2 is 2.21 bits per heavy atom. The van der Waals surface area contributed by atoms with Crippen LogP contribution in [0.3, 0.4) is 0 Å². The van der Waals surface area contributed by atoms with E-state index in [0.717, 1.165) is 18.0 Å². The van der Waals surface area contributed by atoms with Crippen LogP contribution in [0.5, 0.6) is 0 Å². The number of hydrogen-bond donors (Lipinski definition) is 0. The van der Waals surface area contributed by atoms with Crippen molar-refractivity contribution in [2.75, 3.05) is 7.05 Å². The zero-order chi connectivity index (χ0) is 13.7. The molecule has 0 amide bonds. The topological polar surface area (TPSA) is 27.0 Å². The summed E-state index contributed by atoms with van der Waals surface area (Å²) in [5, 5.41) is 8.95. The van der Waals surface area contributed by atoms with Gasteiger partial charge in [0.1, 0.15) is 0 Å². The molecule has 1 aliphatic rings. The summed E-state index contributed by atoms with van der Waals surface area (Å²) in [6.07, 6.45) is 6.75. The van der Waals surface area contributed by atoms with Gasteiger partial charge >= 0.3 is 0 Å². The Bertz CT molecular complexity index is 447. The van der Waals surface area contributed by atoms with Crippen LogP contribution >= 0.6 is 0 Å². The van der Waals surface area contributed by atoms with Crippen molar-refractivity contribution in [2.24, 2.45) is 5.92 Å². The first kappa shape index (κ1) is 14.1. The molecule has 1 aliphatic carbocycles. The number of rotatable bonds is 4. The van der Waals surface area contributed by atoms with Crippen molar-refractivity contribution in [3.8, 4) is 6.07 Å². The molecule has 2 atom stereocenters. The summed E-state index contributed by atoms with van der Waals surface area (Å²) >= 11 is 0. The quantitative estimate of drug-likeness (QED) is 0.815. The Labute approximate surface area is 117 Å². The molecule has 2 heteroatoms. The minimum atomic E-state index is 0.712. The molecule has 0 saturated heterocycles. The molecule has 0 heterocycles. The highest BCUT2D eigenvalue weighted by molar-refractivity contribution is 5.32. The van der Waals surface area contributed by atoms with E-state index < -0.39 is 0 Å². The van der Waals surface area contributed by atoms with Gasteiger partial charge in [-0.2, -0.15) is 5.26 Å². The summed E-state index contributed by atoms with van der Waals surface area (Å²) in [6.45, 7) is 3.26. The van der Waals surface area contributed by atoms with Crippen LogP contribution in [0, 0.1) is 17.2 Å². The first-order valence-corrected chi connectivity index (χ1v) is 7.42. The molecule has 19 heavy (non-hydrogen) atoms. The second kappa shape index (κ2) is 6.73. The van der Waals surface area contributed by atoms with Crippen LogP contribution in [0.1, 0.15) is 50.2 Å². The standard InChI is InChI=1S/C17H24N2/c1-3-14-6-5-9-17(11-14)19(2)13-16-8-4-7-15(10-16)12-18/h4,7-8,10,14,17H,3,5-6,9,11,13H2,1-2H3. The monoisotopic (exact) mass is 256 g/mol. The van der Waals surface area contributed by atoms with Gasteiger partial charge in [0.05, 0.1) is 11.6 Å². The van der Waals surface area contributed by atoms with Gasteiger partial charge in [0.15, 0.2) is 0 Å². The third kappa shape index (κ3) is 3.81. The zero-order valence-corrected chi connectivity index (χ0v) is 12.1. The molecule has 0 radical (unpaired) electrons. The van der Waals surface area contributed by atoms with E-state index in [-0.39, 0.29) is 0 Å². The molecule has 102 valence electrons. The third-order valence-electron chi connectivity index (χ3n) is 4.44. The van der Waals surface area contributed by atoms with E-state index in [1.165, 1.54) is 37.7 Å². The van der Waals surface area contributed by atoms with Gasteiger partial charge < -0.3 is 0 Å². The minimum Gasteiger partial charge on any atom is -0.299 e. The SMILES string of the molecule is CCC1CCCC(N(C)Cc2cccc(C#N)c2)C1. The van der Waals surface area contributed by atoms with Gasteiger partial charge in [-0.1, -0.05) is 38.3 Å². The fourth-order valence-corrected chi connectivity index (χ4v) is 3.19. The Hall–Kier alpha value is -1.33. The van der Waals surface area contributed by atoms with Gasteiger partial charge in [-0.3, -0.25) is 4.90 Å². The fraction of sp³-hybridized carbons (Fsp3) is 0.588. The summed E-state index contributed by atoms with van der Waals surface area (Å²) in [4.78, 5) is 2.47. The van der Waals surface area contributed by atoms with Crippen LogP contribution in [0.25, 0.3) is 0 Å². The largest absolute Gasteiger partial charge is 0.299 e. The highest BCUT2D eigenvalue weighted by Gasteiger charge is 2.23. The maximum Gasteiger partial charge on any atom is 0.0991 e. The maximum absolute atomic E-state index is 8.95. The fourth-order valence-electron chi connectivity index (χ4n) is 3.19. The van der Waals surface area contributed by atoms with E-state index in [1.54, 1.807) is 0 Å². The lowest BCUT2D eigenvalue weighted by atomic mass is 9.83. The van der Waals surface area contributed by atoms with Crippen LogP contribution in [-0.4, -0.2) is 18.0 Å². The summed E-state index contributed by atoms with van der Waals surface area (Å²) < 4.78 is 0. The van der Waals surface area contributed by atoms with E-state index in [2.05, 4.69) is 31.0 Å². The van der Waals surface area contributed by atoms with Crippen molar-refractivity contribution in [3.05, 3.63) is 35.4 Å². The molecule has 1 aromatic carbocycles. The third-order valence-corrected chi connectivity index (χ3v) is 4.44. The molecule has 1 aromatic rings. The van der Waals surface area contributed by atoms with Crippen molar-refractivity contribution in [3.63, 3.8) is 0 Å². The molecule has 0 aromatic heterocycles. The van der Waals surface area contributed by atoms with E-state index in [4.69, 9.17) is 5.26 Å². The van der Waals surface area contributed by atoms with E-state index >= 15 is 0 Å². The van der Waals surface area contributed by atoms with Gasteiger partial charge in [0.25, 0.3) is 0 Å². The molecule has 0 bridgehead atoms. The molecule has 0 spiro atoms. The lowest BCUT2D eigenvalue weighted by Gasteiger charge is -2.35. The Kier molecular flexibility index (Phi) is 4.99. The summed E-state index contributed by atoms with van der Waals surface area (Å²) in [6, 6.07) is 10.9. The van der Waals surface area contributed by atoms with Crippen LogP contribution in [0.2, 0.25) is 0 Å². The minimum absolute atomic E-state index is 0.712. The van der Waals surface area contributed by atoms with Crippen molar-refractivity contribution in [1.82, 2.24) is 4.90 Å². The molecular formula is C17H24N2. The molecule has 2 unspecified atom stereocenters. The molecular weight excluding hydrogens is 232 g/mol. The Morgan fingerprint density at radius 1 is 1.37 bits per heavy atom. The molecule has 1 fully saturated rings. The van der Waals surface area contributed by atoms with Gasteiger partial charge in [-0.15, -0.1) is 0 Å². The lowest BCUT2D eigenvalue weighted by molar-refractivity contribution is 0.150. The van der Waals surface area contributed by atoms with E-state index in [0.29, 0.717) is 6.04 Å². The normalized spacial score (nSPS) is 23.3. The summed E-state index contributed by atoms with van der Waals surface area (Å²) in [7, 11) is 2.22. The van der Waals surface area contributed by atoms with Crippen molar-refractivity contribution in [2.45, 2.75) is 51.6 Å². The van der Waals surface area contributed by atoms with Gasteiger partial charge in [-0.05, 0) is 43.5 Å². The second-order valence-corrected chi connectivity index (χ2v) is 5.82.